The predicted molar refractivity (Wildman–Crippen MR) is 81.8 cm³/mol. The van der Waals surface area contributed by atoms with Gasteiger partial charge in [0.25, 0.3) is 0 Å². The second-order valence-electron chi connectivity index (χ2n) is 5.12. The van der Waals surface area contributed by atoms with Gasteiger partial charge in [-0.1, -0.05) is 6.92 Å². The molecule has 0 aliphatic carbocycles. The van der Waals surface area contributed by atoms with Crippen LogP contribution in [-0.2, 0) is 14.8 Å². The molecule has 0 atom stereocenters. The van der Waals surface area contributed by atoms with Crippen molar-refractivity contribution in [2.75, 3.05) is 32.1 Å². The number of hydrogen-bond acceptors (Lipinski definition) is 5. The van der Waals surface area contributed by atoms with Gasteiger partial charge in [0.15, 0.2) is 0 Å². The van der Waals surface area contributed by atoms with E-state index in [1.165, 1.54) is 4.31 Å². The minimum atomic E-state index is -3.50. The quantitative estimate of drug-likeness (QED) is 0.865. The zero-order valence-corrected chi connectivity index (χ0v) is 13.4. The van der Waals surface area contributed by atoms with Crippen LogP contribution < -0.4 is 5.32 Å². The highest BCUT2D eigenvalue weighted by molar-refractivity contribution is 7.89. The molecule has 1 N–H and O–H groups in total. The van der Waals surface area contributed by atoms with E-state index in [0.717, 1.165) is 19.3 Å². The number of piperidine rings is 1. The van der Waals surface area contributed by atoms with E-state index in [1.54, 1.807) is 25.4 Å². The minimum Gasteiger partial charge on any atom is -0.381 e. The first-order chi connectivity index (χ1) is 10.1. The standard InChI is InChI=1S/C14H23N3O3S/c1-3-8-15-14-13(5-4-9-16-14)21(18,19)17-10-6-12(20-2)7-11-17/h4-5,9,12H,3,6-8,10-11H2,1-2H3,(H,15,16). The molecular weight excluding hydrogens is 290 g/mol. The van der Waals surface area contributed by atoms with Crippen molar-refractivity contribution in [3.05, 3.63) is 18.3 Å². The molecule has 6 nitrogen and oxygen atoms in total. The van der Waals surface area contributed by atoms with Crippen LogP contribution in [0.5, 0.6) is 0 Å². The summed E-state index contributed by atoms with van der Waals surface area (Å²) in [5, 5.41) is 3.09. The van der Waals surface area contributed by atoms with Crippen molar-refractivity contribution in [3.63, 3.8) is 0 Å². The van der Waals surface area contributed by atoms with Crippen molar-refractivity contribution in [3.8, 4) is 0 Å². The molecule has 1 aromatic rings. The average Bonchev–Trinajstić information content (AvgIpc) is 2.53. The van der Waals surface area contributed by atoms with Crippen molar-refractivity contribution < 1.29 is 13.2 Å². The summed E-state index contributed by atoms with van der Waals surface area (Å²) in [4.78, 5) is 4.43. The number of ether oxygens (including phenoxy) is 1. The molecule has 2 rings (SSSR count). The molecule has 0 amide bonds. The Morgan fingerprint density at radius 3 is 2.76 bits per heavy atom. The molecule has 0 saturated carbocycles. The van der Waals surface area contributed by atoms with Crippen molar-refractivity contribution >= 4 is 15.8 Å². The monoisotopic (exact) mass is 313 g/mol. The Morgan fingerprint density at radius 1 is 1.43 bits per heavy atom. The number of nitrogens with zero attached hydrogens (tertiary/aromatic N) is 2. The first-order valence-electron chi connectivity index (χ1n) is 7.31. The summed E-state index contributed by atoms with van der Waals surface area (Å²) in [6.07, 6.45) is 4.13. The third-order valence-electron chi connectivity index (χ3n) is 3.67. The van der Waals surface area contributed by atoms with Gasteiger partial charge in [0.1, 0.15) is 10.7 Å². The first kappa shape index (κ1) is 16.2. The van der Waals surface area contributed by atoms with Gasteiger partial charge >= 0.3 is 0 Å². The number of hydrogen-bond donors (Lipinski definition) is 1. The Balaban J connectivity index is 2.20. The van der Waals surface area contributed by atoms with E-state index >= 15 is 0 Å². The normalized spacial score (nSPS) is 17.8. The fourth-order valence-electron chi connectivity index (χ4n) is 2.42. The first-order valence-corrected chi connectivity index (χ1v) is 8.75. The zero-order valence-electron chi connectivity index (χ0n) is 12.6. The summed E-state index contributed by atoms with van der Waals surface area (Å²) in [6, 6.07) is 3.27. The van der Waals surface area contributed by atoms with E-state index in [9.17, 15) is 8.42 Å². The molecule has 1 aromatic heterocycles. The van der Waals surface area contributed by atoms with E-state index in [1.807, 2.05) is 6.92 Å². The number of pyridine rings is 1. The molecule has 1 aliphatic rings. The van der Waals surface area contributed by atoms with Crippen LogP contribution in [0.25, 0.3) is 0 Å². The van der Waals surface area contributed by atoms with Gasteiger partial charge in [0.2, 0.25) is 10.0 Å². The van der Waals surface area contributed by atoms with Crippen LogP contribution >= 0.6 is 0 Å². The Labute approximate surface area is 126 Å². The molecule has 0 bridgehead atoms. The van der Waals surface area contributed by atoms with E-state index in [2.05, 4.69) is 10.3 Å². The number of nitrogens with one attached hydrogen (secondary N) is 1. The number of rotatable bonds is 6. The van der Waals surface area contributed by atoms with E-state index in [4.69, 9.17) is 4.74 Å². The molecule has 2 heterocycles. The highest BCUT2D eigenvalue weighted by Crippen LogP contribution is 2.25. The van der Waals surface area contributed by atoms with Crippen molar-refractivity contribution in [1.29, 1.82) is 0 Å². The Kier molecular flexibility index (Phi) is 5.55. The largest absolute Gasteiger partial charge is 0.381 e. The summed E-state index contributed by atoms with van der Waals surface area (Å²) in [5.74, 6) is 0.438. The highest BCUT2D eigenvalue weighted by Gasteiger charge is 2.31. The summed E-state index contributed by atoms with van der Waals surface area (Å²) in [7, 11) is -1.83. The van der Waals surface area contributed by atoms with Gasteiger partial charge in [-0.3, -0.25) is 0 Å². The molecule has 21 heavy (non-hydrogen) atoms. The molecule has 7 heteroatoms. The topological polar surface area (TPSA) is 71.5 Å². The summed E-state index contributed by atoms with van der Waals surface area (Å²) < 4.78 is 32.4. The Morgan fingerprint density at radius 2 is 2.14 bits per heavy atom. The van der Waals surface area contributed by atoms with Gasteiger partial charge < -0.3 is 10.1 Å². The minimum absolute atomic E-state index is 0.156. The lowest BCUT2D eigenvalue weighted by atomic mass is 10.1. The maximum atomic E-state index is 12.8. The fourth-order valence-corrected chi connectivity index (χ4v) is 4.01. The second-order valence-corrected chi connectivity index (χ2v) is 7.02. The number of methoxy groups -OCH3 is 1. The van der Waals surface area contributed by atoms with E-state index in [-0.39, 0.29) is 11.0 Å². The van der Waals surface area contributed by atoms with Crippen LogP contribution in [0.4, 0.5) is 5.82 Å². The summed E-state index contributed by atoms with van der Waals surface area (Å²) in [6.45, 7) is 3.71. The molecule has 0 aromatic carbocycles. The smallest absolute Gasteiger partial charge is 0.246 e. The fraction of sp³-hybridized carbons (Fsp3) is 0.643. The zero-order chi connectivity index (χ0) is 15.3. The number of sulfonamides is 1. The predicted octanol–water partition coefficient (Wildman–Crippen LogP) is 1.70. The van der Waals surface area contributed by atoms with Crippen LogP contribution in [0.3, 0.4) is 0 Å². The third-order valence-corrected chi connectivity index (χ3v) is 5.60. The molecule has 0 unspecified atom stereocenters. The van der Waals surface area contributed by atoms with Gasteiger partial charge in [0.05, 0.1) is 6.10 Å². The highest BCUT2D eigenvalue weighted by atomic mass is 32.2. The van der Waals surface area contributed by atoms with Gasteiger partial charge in [-0.05, 0) is 31.4 Å². The molecule has 0 spiro atoms. The Bertz CT molecular complexity index is 554. The van der Waals surface area contributed by atoms with Crippen molar-refractivity contribution in [1.82, 2.24) is 9.29 Å². The number of aromatic nitrogens is 1. The third kappa shape index (κ3) is 3.72. The molecule has 1 saturated heterocycles. The SMILES string of the molecule is CCCNc1ncccc1S(=O)(=O)N1CCC(OC)CC1. The van der Waals surface area contributed by atoms with Crippen LogP contribution in [0, 0.1) is 0 Å². The maximum Gasteiger partial charge on any atom is 0.246 e. The lowest BCUT2D eigenvalue weighted by molar-refractivity contribution is 0.0604. The van der Waals surface area contributed by atoms with E-state index < -0.39 is 10.0 Å². The van der Waals surface area contributed by atoms with E-state index in [0.29, 0.717) is 25.5 Å². The maximum absolute atomic E-state index is 12.8. The van der Waals surface area contributed by atoms with Gasteiger partial charge in [-0.2, -0.15) is 4.31 Å². The molecule has 118 valence electrons. The van der Waals surface area contributed by atoms with Gasteiger partial charge in [-0.15, -0.1) is 0 Å². The van der Waals surface area contributed by atoms with Crippen molar-refractivity contribution in [2.45, 2.75) is 37.2 Å². The average molecular weight is 313 g/mol. The molecule has 1 aliphatic heterocycles. The molecule has 1 fully saturated rings. The van der Waals surface area contributed by atoms with Crippen LogP contribution in [0.2, 0.25) is 0 Å². The summed E-state index contributed by atoms with van der Waals surface area (Å²) in [5.41, 5.74) is 0. The van der Waals surface area contributed by atoms with Crippen LogP contribution in [-0.4, -0.2) is 50.6 Å². The van der Waals surface area contributed by atoms with Gasteiger partial charge in [-0.25, -0.2) is 13.4 Å². The molecule has 0 radical (unpaired) electrons. The van der Waals surface area contributed by atoms with Crippen LogP contribution in [0.1, 0.15) is 26.2 Å². The van der Waals surface area contributed by atoms with Gasteiger partial charge in [0, 0.05) is 32.9 Å². The number of anilines is 1. The second kappa shape index (κ2) is 7.20. The Hall–Kier alpha value is -1.18. The van der Waals surface area contributed by atoms with Crippen molar-refractivity contribution in [2.24, 2.45) is 0 Å². The lowest BCUT2D eigenvalue weighted by Crippen LogP contribution is -2.40. The van der Waals surface area contributed by atoms with Crippen LogP contribution in [0.15, 0.2) is 23.2 Å². The lowest BCUT2D eigenvalue weighted by Gasteiger charge is -2.30. The molecular formula is C14H23N3O3S. The summed E-state index contributed by atoms with van der Waals surface area (Å²) >= 11 is 0.